The summed E-state index contributed by atoms with van der Waals surface area (Å²) in [5.74, 6) is -1.14. The van der Waals surface area contributed by atoms with E-state index in [1.54, 1.807) is 54.6 Å². The van der Waals surface area contributed by atoms with E-state index in [1.807, 2.05) is 97.2 Å². The number of hydrogen-bond donors (Lipinski definition) is 3. The molecule has 1 aromatic heterocycles. The average Bonchev–Trinajstić information content (AvgIpc) is 3.59. The first kappa shape index (κ1) is 34.4. The van der Waals surface area contributed by atoms with E-state index in [9.17, 15) is 14.4 Å². The number of aryl methyl sites for hydroxylation is 1. The fraction of sp³-hybridized carbons (Fsp3) is 0.0500. The molecule has 0 aliphatic heterocycles. The first-order valence-corrected chi connectivity index (χ1v) is 17.8. The molecule has 1 heterocycles. The molecule has 0 bridgehead atoms. The molecule has 248 valence electrons. The Balaban J connectivity index is 1.21. The number of nitrogens with one attached hydrogen (secondary N) is 3. The van der Waals surface area contributed by atoms with Gasteiger partial charge in [0.2, 0.25) is 5.91 Å². The minimum Gasteiger partial charge on any atom is -0.321 e. The summed E-state index contributed by atoms with van der Waals surface area (Å²) in [5, 5.41) is 11.0. The maximum absolute atomic E-state index is 13.8. The van der Waals surface area contributed by atoms with Gasteiger partial charge in [0.1, 0.15) is 10.9 Å². The lowest BCUT2D eigenvalue weighted by Gasteiger charge is -2.17. The zero-order chi connectivity index (χ0) is 34.9. The van der Waals surface area contributed by atoms with Crippen LogP contribution in [0.2, 0.25) is 5.02 Å². The molecule has 0 saturated heterocycles. The standard InChI is InChI=1S/C40H31ClN4O3S2/c1-26-12-10-13-27(22-26)23-34(43-37(46)29-16-6-3-7-17-29)38(47)42-30-18-11-19-31(24-30)50-36(28-14-4-2-5-15-28)39(48)45-40-44-35(25-49-40)32-20-8-9-21-33(32)41/h2-25,36H,1H3,(H,42,47)(H,43,46)(H,44,45,48)/b34-23+. The molecule has 0 saturated carbocycles. The SMILES string of the molecule is Cc1cccc(/C=C(/NC(=O)c2ccccc2)C(=O)Nc2cccc(SC(C(=O)Nc3nc(-c4ccccc4Cl)cs3)c3ccccc3)c2)c1. The molecule has 50 heavy (non-hydrogen) atoms. The molecule has 3 N–H and O–H groups in total. The van der Waals surface area contributed by atoms with Gasteiger partial charge in [-0.1, -0.05) is 114 Å². The summed E-state index contributed by atoms with van der Waals surface area (Å²) in [4.78, 5) is 45.9. The fourth-order valence-electron chi connectivity index (χ4n) is 5.05. The van der Waals surface area contributed by atoms with Crippen LogP contribution in [-0.2, 0) is 9.59 Å². The molecular weight excluding hydrogens is 684 g/mol. The Labute approximate surface area is 303 Å². The molecule has 0 aliphatic rings. The van der Waals surface area contributed by atoms with Crippen LogP contribution in [0, 0.1) is 6.92 Å². The lowest BCUT2D eigenvalue weighted by Crippen LogP contribution is -2.30. The number of carbonyl (C=O) groups is 3. The van der Waals surface area contributed by atoms with Crippen LogP contribution in [0.15, 0.2) is 149 Å². The van der Waals surface area contributed by atoms with Crippen molar-refractivity contribution < 1.29 is 14.4 Å². The first-order valence-electron chi connectivity index (χ1n) is 15.6. The zero-order valence-electron chi connectivity index (χ0n) is 26.8. The van der Waals surface area contributed by atoms with E-state index < -0.39 is 17.1 Å². The summed E-state index contributed by atoms with van der Waals surface area (Å²) in [6.07, 6.45) is 1.65. The lowest BCUT2D eigenvalue weighted by molar-refractivity contribution is -0.116. The Kier molecular flexibility index (Phi) is 11.2. The van der Waals surface area contributed by atoms with Crippen molar-refractivity contribution in [2.24, 2.45) is 0 Å². The van der Waals surface area contributed by atoms with Crippen molar-refractivity contribution in [3.8, 4) is 11.3 Å². The highest BCUT2D eigenvalue weighted by molar-refractivity contribution is 8.00. The Morgan fingerprint density at radius 2 is 1.52 bits per heavy atom. The number of carbonyl (C=O) groups excluding carboxylic acids is 3. The molecule has 1 unspecified atom stereocenters. The summed E-state index contributed by atoms with van der Waals surface area (Å²) in [7, 11) is 0. The maximum Gasteiger partial charge on any atom is 0.272 e. The minimum absolute atomic E-state index is 0.0867. The Hall–Kier alpha value is -5.48. The van der Waals surface area contributed by atoms with Crippen molar-refractivity contribution >= 4 is 69.3 Å². The smallest absolute Gasteiger partial charge is 0.272 e. The van der Waals surface area contributed by atoms with Gasteiger partial charge in [0, 0.05) is 32.1 Å². The van der Waals surface area contributed by atoms with Crippen LogP contribution in [0.3, 0.4) is 0 Å². The van der Waals surface area contributed by atoms with Gasteiger partial charge in [0.15, 0.2) is 5.13 Å². The molecule has 1 atom stereocenters. The quantitative estimate of drug-likeness (QED) is 0.0917. The third-order valence-electron chi connectivity index (χ3n) is 7.45. The molecule has 0 spiro atoms. The van der Waals surface area contributed by atoms with Crippen molar-refractivity contribution in [3.63, 3.8) is 0 Å². The zero-order valence-corrected chi connectivity index (χ0v) is 29.2. The number of anilines is 2. The van der Waals surface area contributed by atoms with Gasteiger partial charge in [-0.15, -0.1) is 23.1 Å². The van der Waals surface area contributed by atoms with Crippen molar-refractivity contribution in [1.29, 1.82) is 0 Å². The second kappa shape index (κ2) is 16.3. The van der Waals surface area contributed by atoms with E-state index in [2.05, 4.69) is 20.9 Å². The van der Waals surface area contributed by atoms with Gasteiger partial charge in [-0.05, 0) is 60.5 Å². The molecule has 5 aromatic carbocycles. The van der Waals surface area contributed by atoms with Crippen LogP contribution in [0.5, 0.6) is 0 Å². The number of thiazole rings is 1. The summed E-state index contributed by atoms with van der Waals surface area (Å²) < 4.78 is 0. The van der Waals surface area contributed by atoms with E-state index in [0.717, 1.165) is 27.1 Å². The molecule has 0 fully saturated rings. The fourth-order valence-corrected chi connectivity index (χ4v) is 7.08. The van der Waals surface area contributed by atoms with Crippen LogP contribution in [0.1, 0.15) is 32.3 Å². The number of benzene rings is 5. The maximum atomic E-state index is 13.8. The number of amides is 3. The number of halogens is 1. The van der Waals surface area contributed by atoms with Crippen LogP contribution in [-0.4, -0.2) is 22.7 Å². The van der Waals surface area contributed by atoms with Crippen LogP contribution in [0.4, 0.5) is 10.8 Å². The molecule has 7 nitrogen and oxygen atoms in total. The highest BCUT2D eigenvalue weighted by Crippen LogP contribution is 2.38. The predicted octanol–water partition coefficient (Wildman–Crippen LogP) is 9.65. The normalized spacial score (nSPS) is 11.8. The van der Waals surface area contributed by atoms with E-state index in [1.165, 1.54) is 23.1 Å². The third kappa shape index (κ3) is 8.95. The van der Waals surface area contributed by atoms with Crippen molar-refractivity contribution in [3.05, 3.63) is 172 Å². The highest BCUT2D eigenvalue weighted by Gasteiger charge is 2.24. The number of thioether (sulfide) groups is 1. The van der Waals surface area contributed by atoms with Crippen LogP contribution >= 0.6 is 34.7 Å². The highest BCUT2D eigenvalue weighted by atomic mass is 35.5. The Morgan fingerprint density at radius 1 is 0.800 bits per heavy atom. The molecule has 10 heteroatoms. The lowest BCUT2D eigenvalue weighted by atomic mass is 10.1. The van der Waals surface area contributed by atoms with Crippen LogP contribution < -0.4 is 16.0 Å². The third-order valence-corrected chi connectivity index (χ3v) is 9.79. The van der Waals surface area contributed by atoms with Crippen molar-refractivity contribution in [1.82, 2.24) is 10.3 Å². The summed E-state index contributed by atoms with van der Waals surface area (Å²) >= 11 is 9.04. The van der Waals surface area contributed by atoms with E-state index in [4.69, 9.17) is 11.6 Å². The topological polar surface area (TPSA) is 100 Å². The second-order valence-corrected chi connectivity index (χ2v) is 13.6. The van der Waals surface area contributed by atoms with Gasteiger partial charge < -0.3 is 16.0 Å². The minimum atomic E-state index is -0.628. The van der Waals surface area contributed by atoms with E-state index >= 15 is 0 Å². The van der Waals surface area contributed by atoms with Gasteiger partial charge in [-0.25, -0.2) is 4.98 Å². The van der Waals surface area contributed by atoms with Gasteiger partial charge in [-0.3, -0.25) is 14.4 Å². The number of hydrogen-bond acceptors (Lipinski definition) is 6. The number of nitrogens with zero attached hydrogens (tertiary/aromatic N) is 1. The Morgan fingerprint density at radius 3 is 2.28 bits per heavy atom. The predicted molar refractivity (Wildman–Crippen MR) is 204 cm³/mol. The molecule has 6 rings (SSSR count). The number of rotatable bonds is 11. The summed E-state index contributed by atoms with van der Waals surface area (Å²) in [6.45, 7) is 1.96. The van der Waals surface area contributed by atoms with E-state index in [-0.39, 0.29) is 11.6 Å². The molecule has 0 aliphatic carbocycles. The van der Waals surface area contributed by atoms with Crippen molar-refractivity contribution in [2.75, 3.05) is 10.6 Å². The largest absolute Gasteiger partial charge is 0.321 e. The second-order valence-electron chi connectivity index (χ2n) is 11.2. The van der Waals surface area contributed by atoms with Crippen LogP contribution in [0.25, 0.3) is 17.3 Å². The van der Waals surface area contributed by atoms with Gasteiger partial charge in [-0.2, -0.15) is 0 Å². The summed E-state index contributed by atoms with van der Waals surface area (Å²) in [5.41, 5.74) is 5.07. The summed E-state index contributed by atoms with van der Waals surface area (Å²) in [6, 6.07) is 40.5. The van der Waals surface area contributed by atoms with Crippen molar-refractivity contribution in [2.45, 2.75) is 17.1 Å². The Bertz CT molecular complexity index is 2170. The molecule has 3 amide bonds. The molecule has 0 radical (unpaired) electrons. The van der Waals surface area contributed by atoms with E-state index in [0.29, 0.717) is 27.1 Å². The van der Waals surface area contributed by atoms with Gasteiger partial charge >= 0.3 is 0 Å². The molecular formula is C40H31ClN4O3S2. The average molecular weight is 715 g/mol. The van der Waals surface area contributed by atoms with Gasteiger partial charge in [0.05, 0.1) is 5.69 Å². The van der Waals surface area contributed by atoms with Gasteiger partial charge in [0.25, 0.3) is 11.8 Å². The number of aromatic nitrogens is 1. The first-order chi connectivity index (χ1) is 24.3. The molecule has 6 aromatic rings. The monoisotopic (exact) mass is 714 g/mol.